The lowest BCUT2D eigenvalue weighted by Gasteiger charge is -2.17. The van der Waals surface area contributed by atoms with Crippen molar-refractivity contribution in [3.8, 4) is 20.2 Å². The van der Waals surface area contributed by atoms with E-state index >= 15 is 0 Å². The summed E-state index contributed by atoms with van der Waals surface area (Å²) in [6.45, 7) is 6.76. The lowest BCUT2D eigenvalue weighted by Crippen LogP contribution is -2.36. The van der Waals surface area contributed by atoms with Crippen molar-refractivity contribution in [1.82, 2.24) is 0 Å². The third-order valence-corrected chi connectivity index (χ3v) is 8.40. The van der Waals surface area contributed by atoms with Crippen LogP contribution in [0.25, 0.3) is 20.2 Å². The molecule has 0 bridgehead atoms. The van der Waals surface area contributed by atoms with Gasteiger partial charge >= 0.3 is 5.82 Å². The molecule has 3 aromatic rings. The Morgan fingerprint density at radius 2 is 1.93 bits per heavy atom. The van der Waals surface area contributed by atoms with Crippen LogP contribution in [0.2, 0.25) is 0 Å². The van der Waals surface area contributed by atoms with Gasteiger partial charge < -0.3 is 4.55 Å². The molecule has 0 fully saturated rings. The maximum atomic E-state index is 11.0. The van der Waals surface area contributed by atoms with Gasteiger partial charge in [0.05, 0.1) is 33.8 Å². The predicted molar refractivity (Wildman–Crippen MR) is 118 cm³/mol. The lowest BCUT2D eigenvalue weighted by atomic mass is 9.82. The zero-order valence-corrected chi connectivity index (χ0v) is 19.0. The van der Waals surface area contributed by atoms with E-state index in [0.29, 0.717) is 6.54 Å². The molecule has 0 saturated heterocycles. The smallest absolute Gasteiger partial charge is 0.327 e. The first kappa shape index (κ1) is 20.4. The summed E-state index contributed by atoms with van der Waals surface area (Å²) in [5.74, 6) is 0.488. The van der Waals surface area contributed by atoms with Gasteiger partial charge in [-0.3, -0.25) is 0 Å². The summed E-state index contributed by atoms with van der Waals surface area (Å²) < 4.78 is 35.1. The Kier molecular flexibility index (Phi) is 5.23. The molecule has 152 valence electrons. The monoisotopic (exact) mass is 446 g/mol. The predicted octanol–water partition coefficient (Wildman–Crippen LogP) is 4.75. The minimum absolute atomic E-state index is 0.189. The van der Waals surface area contributed by atoms with Crippen LogP contribution in [-0.2, 0) is 22.1 Å². The molecule has 29 heavy (non-hydrogen) atoms. The van der Waals surface area contributed by atoms with Crippen LogP contribution in [0.5, 0.6) is 0 Å². The van der Waals surface area contributed by atoms with Crippen LogP contribution in [0.4, 0.5) is 5.82 Å². The Bertz CT molecular complexity index is 1190. The largest absolute Gasteiger partial charge is 0.748 e. The molecule has 5 nitrogen and oxygen atoms in total. The molecule has 0 N–H and O–H groups in total. The van der Waals surface area contributed by atoms with Crippen molar-refractivity contribution < 1.29 is 17.5 Å². The van der Waals surface area contributed by atoms with Crippen molar-refractivity contribution in [3.05, 3.63) is 47.5 Å². The first-order valence-electron chi connectivity index (χ1n) is 9.36. The molecule has 1 aliphatic heterocycles. The highest BCUT2D eigenvalue weighted by Crippen LogP contribution is 2.42. The average Bonchev–Trinajstić information content (AvgIpc) is 3.36. The van der Waals surface area contributed by atoms with Crippen LogP contribution in [0, 0.1) is 0 Å². The molecule has 0 aromatic carbocycles. The van der Waals surface area contributed by atoms with Crippen molar-refractivity contribution in [2.75, 3.05) is 5.75 Å². The number of pyridine rings is 1. The minimum Gasteiger partial charge on any atom is -0.748 e. The van der Waals surface area contributed by atoms with Crippen LogP contribution in [0.1, 0.15) is 32.8 Å². The molecule has 1 aliphatic rings. The Morgan fingerprint density at radius 1 is 1.17 bits per heavy atom. The third kappa shape index (κ3) is 4.07. The number of rotatable bonds is 6. The normalized spacial score (nSPS) is 15.4. The number of hydrogen-bond acceptors (Lipinski definition) is 6. The Morgan fingerprint density at radius 3 is 2.62 bits per heavy atom. The van der Waals surface area contributed by atoms with Crippen LogP contribution in [-0.4, -0.2) is 24.4 Å². The number of aliphatic imine (C=N–C) groups is 1. The second-order valence-electron chi connectivity index (χ2n) is 7.74. The van der Waals surface area contributed by atoms with Gasteiger partial charge in [0.2, 0.25) is 0 Å². The number of fused-ring (bicyclic) bond motifs is 1. The van der Waals surface area contributed by atoms with Crippen molar-refractivity contribution >= 4 is 44.3 Å². The first-order valence-corrected chi connectivity index (χ1v) is 12.6. The molecule has 0 aliphatic carbocycles. The lowest BCUT2D eigenvalue weighted by molar-refractivity contribution is -0.683. The van der Waals surface area contributed by atoms with Gasteiger partial charge in [0.25, 0.3) is 0 Å². The molecular weight excluding hydrogens is 424 g/mol. The van der Waals surface area contributed by atoms with Crippen molar-refractivity contribution in [2.45, 2.75) is 39.2 Å². The van der Waals surface area contributed by atoms with Gasteiger partial charge in [-0.25, -0.2) is 13.0 Å². The zero-order chi connectivity index (χ0) is 20.8. The fourth-order valence-electron chi connectivity index (χ4n) is 3.48. The van der Waals surface area contributed by atoms with Crippen LogP contribution >= 0.6 is 22.7 Å². The summed E-state index contributed by atoms with van der Waals surface area (Å²) in [7, 11) is -4.22. The highest BCUT2D eigenvalue weighted by molar-refractivity contribution is 7.85. The first-order chi connectivity index (χ1) is 13.6. The molecule has 8 heteroatoms. The molecule has 0 spiro atoms. The topological polar surface area (TPSA) is 73.4 Å². The summed E-state index contributed by atoms with van der Waals surface area (Å²) in [4.78, 5) is 8.39. The summed E-state index contributed by atoms with van der Waals surface area (Å²) in [6, 6.07) is 10.6. The average molecular weight is 447 g/mol. The van der Waals surface area contributed by atoms with Crippen molar-refractivity contribution in [3.63, 3.8) is 0 Å². The van der Waals surface area contributed by atoms with Gasteiger partial charge in [0, 0.05) is 25.9 Å². The molecule has 0 saturated carbocycles. The van der Waals surface area contributed by atoms with Crippen LogP contribution in [0.3, 0.4) is 0 Å². The maximum absolute atomic E-state index is 11.0. The summed E-state index contributed by atoms with van der Waals surface area (Å²) in [5.41, 5.74) is 3.05. The maximum Gasteiger partial charge on any atom is 0.327 e. The van der Waals surface area contributed by atoms with E-state index < -0.39 is 10.1 Å². The fraction of sp³-hybridized carbons (Fsp3) is 0.333. The van der Waals surface area contributed by atoms with E-state index in [1.54, 1.807) is 22.7 Å². The van der Waals surface area contributed by atoms with Gasteiger partial charge in [0.1, 0.15) is 5.71 Å². The molecule has 4 rings (SSSR count). The van der Waals surface area contributed by atoms with Gasteiger partial charge in [-0.1, -0.05) is 6.07 Å². The van der Waals surface area contributed by atoms with Crippen molar-refractivity contribution in [2.24, 2.45) is 4.99 Å². The standard InChI is InChI=1S/C21H22N2O3S3/c1-14-21(2,3)16-12-15(17-7-8-19(28-17)18-6-4-10-27-18)13-23(20(16)22-14)9-5-11-29(24,25)26/h4,6-8,10,12-13H,5,9,11H2,1-3H3. The number of nitrogens with zero attached hydrogens (tertiary/aromatic N) is 2. The quantitative estimate of drug-likeness (QED) is 0.405. The highest BCUT2D eigenvalue weighted by atomic mass is 32.2. The van der Waals surface area contributed by atoms with Crippen LogP contribution in [0.15, 0.2) is 46.9 Å². The van der Waals surface area contributed by atoms with E-state index in [1.165, 1.54) is 9.75 Å². The van der Waals surface area contributed by atoms with Gasteiger partial charge in [-0.2, -0.15) is 0 Å². The molecule has 0 atom stereocenters. The number of aromatic nitrogens is 1. The Hall–Kier alpha value is -1.87. The SMILES string of the molecule is CC1=Nc2c(cc(-c3ccc(-c4cccs4)s3)c[n+]2CCCS(=O)(=O)[O-])C1(C)C. The van der Waals surface area contributed by atoms with Crippen LogP contribution < -0.4 is 4.57 Å². The number of aryl methyl sites for hydroxylation is 1. The van der Waals surface area contributed by atoms with Gasteiger partial charge in [-0.15, -0.1) is 22.7 Å². The molecule has 0 unspecified atom stereocenters. The molecular formula is C21H22N2O3S3. The zero-order valence-electron chi connectivity index (χ0n) is 16.5. The van der Waals surface area contributed by atoms with Crippen molar-refractivity contribution in [1.29, 1.82) is 0 Å². The molecule has 3 aromatic heterocycles. The van der Waals surface area contributed by atoms with E-state index in [-0.39, 0.29) is 17.6 Å². The molecule has 0 radical (unpaired) electrons. The Balaban J connectivity index is 1.74. The van der Waals surface area contributed by atoms with E-state index in [2.05, 4.69) is 49.6 Å². The van der Waals surface area contributed by atoms with E-state index in [1.807, 2.05) is 17.7 Å². The van der Waals surface area contributed by atoms with Gasteiger partial charge in [0.15, 0.2) is 0 Å². The van der Waals surface area contributed by atoms with E-state index in [0.717, 1.165) is 27.5 Å². The summed E-state index contributed by atoms with van der Waals surface area (Å²) >= 11 is 3.46. The summed E-state index contributed by atoms with van der Waals surface area (Å²) in [6.07, 6.45) is 2.30. The second kappa shape index (κ2) is 7.43. The Labute approximate surface area is 179 Å². The summed E-state index contributed by atoms with van der Waals surface area (Å²) in [5, 5.41) is 2.07. The second-order valence-corrected chi connectivity index (χ2v) is 11.3. The number of hydrogen-bond donors (Lipinski definition) is 0. The van der Waals surface area contributed by atoms with Gasteiger partial charge in [-0.05, 0) is 61.8 Å². The fourth-order valence-corrected chi connectivity index (χ4v) is 5.78. The molecule has 0 amide bonds. The van der Waals surface area contributed by atoms with E-state index in [9.17, 15) is 13.0 Å². The highest BCUT2D eigenvalue weighted by Gasteiger charge is 2.41. The molecule has 4 heterocycles. The minimum atomic E-state index is -4.22. The van der Waals surface area contributed by atoms with E-state index in [4.69, 9.17) is 4.99 Å². The third-order valence-electron chi connectivity index (χ3n) is 5.41. The number of thiophene rings is 2.